The normalized spacial score (nSPS) is 11.1. The quantitative estimate of drug-likeness (QED) is 0.570. The Hall–Kier alpha value is -1.72. The summed E-state index contributed by atoms with van der Waals surface area (Å²) in [5.74, 6) is 0. The molecule has 0 heterocycles. The predicted molar refractivity (Wildman–Crippen MR) is 45.5 cm³/mol. The number of nitrogen functional groups attached to an aromatic ring is 1. The first-order chi connectivity index (χ1) is 6.45. The van der Waals surface area contributed by atoms with Crippen molar-refractivity contribution in [2.24, 2.45) is 0 Å². The molecule has 0 saturated carbocycles. The number of hydrogen-bond donors (Lipinski definition) is 2. The molecule has 0 bridgehead atoms. The third kappa shape index (κ3) is 2.15. The molecular formula is C8H7F3N2O. The highest BCUT2D eigenvalue weighted by Crippen LogP contribution is 2.32. The van der Waals surface area contributed by atoms with E-state index in [9.17, 15) is 18.0 Å². The Labute approximate surface area is 77.7 Å². The van der Waals surface area contributed by atoms with E-state index < -0.39 is 11.7 Å². The third-order valence-electron chi connectivity index (χ3n) is 1.60. The minimum atomic E-state index is -4.44. The van der Waals surface area contributed by atoms with Crippen LogP contribution in [0.1, 0.15) is 5.56 Å². The van der Waals surface area contributed by atoms with Crippen molar-refractivity contribution in [3.8, 4) is 0 Å². The van der Waals surface area contributed by atoms with Crippen molar-refractivity contribution in [2.75, 3.05) is 11.1 Å². The van der Waals surface area contributed by atoms with Crippen molar-refractivity contribution >= 4 is 17.8 Å². The van der Waals surface area contributed by atoms with Gasteiger partial charge in [0.1, 0.15) is 0 Å². The highest BCUT2D eigenvalue weighted by Gasteiger charge is 2.30. The van der Waals surface area contributed by atoms with Crippen LogP contribution in [0.25, 0.3) is 0 Å². The van der Waals surface area contributed by atoms with Crippen molar-refractivity contribution in [3.05, 3.63) is 23.8 Å². The molecule has 0 radical (unpaired) electrons. The lowest BCUT2D eigenvalue weighted by atomic mass is 10.1. The molecule has 0 atom stereocenters. The molecule has 3 N–H and O–H groups in total. The third-order valence-corrected chi connectivity index (χ3v) is 1.60. The van der Waals surface area contributed by atoms with Gasteiger partial charge in [-0.1, -0.05) is 0 Å². The maximum absolute atomic E-state index is 12.2. The van der Waals surface area contributed by atoms with E-state index in [0.717, 1.165) is 18.2 Å². The molecule has 6 heteroatoms. The van der Waals surface area contributed by atoms with E-state index in [0.29, 0.717) is 0 Å². The summed E-state index contributed by atoms with van der Waals surface area (Å²) in [6, 6.07) is 2.73. The zero-order chi connectivity index (χ0) is 10.8. The molecule has 0 aliphatic heterocycles. The standard InChI is InChI=1S/C8H7F3N2O/c9-8(10,11)5-1-2-6(12)7(3-5)13-4-14/h1-4H,12H2,(H,13,14). The lowest BCUT2D eigenvalue weighted by Crippen LogP contribution is -2.07. The average molecular weight is 204 g/mol. The van der Waals surface area contributed by atoms with Crippen LogP contribution in [0.5, 0.6) is 0 Å². The molecule has 1 rings (SSSR count). The van der Waals surface area contributed by atoms with Crippen LogP contribution >= 0.6 is 0 Å². The SMILES string of the molecule is Nc1ccc(C(F)(F)F)cc1NC=O. The minimum Gasteiger partial charge on any atom is -0.397 e. The molecule has 0 saturated heterocycles. The fourth-order valence-corrected chi connectivity index (χ4v) is 0.921. The minimum absolute atomic E-state index is 0.0465. The summed E-state index contributed by atoms with van der Waals surface area (Å²) in [6.45, 7) is 0. The highest BCUT2D eigenvalue weighted by molar-refractivity contribution is 5.80. The van der Waals surface area contributed by atoms with Crippen molar-refractivity contribution < 1.29 is 18.0 Å². The second-order valence-electron chi connectivity index (χ2n) is 2.56. The molecule has 0 aliphatic carbocycles. The van der Waals surface area contributed by atoms with Gasteiger partial charge in [-0.25, -0.2) is 0 Å². The van der Waals surface area contributed by atoms with Gasteiger partial charge in [0.2, 0.25) is 6.41 Å². The summed E-state index contributed by atoms with van der Waals surface area (Å²) in [5, 5.41) is 2.08. The van der Waals surface area contributed by atoms with Gasteiger partial charge >= 0.3 is 6.18 Å². The van der Waals surface area contributed by atoms with Crippen LogP contribution in [0, 0.1) is 0 Å². The Morgan fingerprint density at radius 2 is 2.00 bits per heavy atom. The van der Waals surface area contributed by atoms with Gasteiger partial charge in [-0.15, -0.1) is 0 Å². The number of rotatable bonds is 2. The number of alkyl halides is 3. The summed E-state index contributed by atoms with van der Waals surface area (Å²) >= 11 is 0. The maximum Gasteiger partial charge on any atom is 0.416 e. The number of hydrogen-bond acceptors (Lipinski definition) is 2. The first-order valence-corrected chi connectivity index (χ1v) is 3.62. The Balaban J connectivity index is 3.12. The molecule has 0 aliphatic rings. The summed E-state index contributed by atoms with van der Waals surface area (Å²) in [5.41, 5.74) is 4.52. The van der Waals surface area contributed by atoms with Crippen molar-refractivity contribution in [1.82, 2.24) is 0 Å². The van der Waals surface area contributed by atoms with E-state index >= 15 is 0 Å². The van der Waals surface area contributed by atoms with Gasteiger partial charge in [-0.2, -0.15) is 13.2 Å². The zero-order valence-electron chi connectivity index (χ0n) is 6.93. The highest BCUT2D eigenvalue weighted by atomic mass is 19.4. The monoisotopic (exact) mass is 204 g/mol. The van der Waals surface area contributed by atoms with Crippen LogP contribution in [0.4, 0.5) is 24.5 Å². The average Bonchev–Trinajstić information content (AvgIpc) is 2.07. The molecule has 14 heavy (non-hydrogen) atoms. The second-order valence-corrected chi connectivity index (χ2v) is 2.56. The van der Waals surface area contributed by atoms with E-state index in [-0.39, 0.29) is 17.8 Å². The predicted octanol–water partition coefficient (Wildman–Crippen LogP) is 1.86. The van der Waals surface area contributed by atoms with Gasteiger partial charge in [0.15, 0.2) is 0 Å². The molecule has 1 aromatic carbocycles. The number of benzene rings is 1. The van der Waals surface area contributed by atoms with E-state index in [2.05, 4.69) is 5.32 Å². The van der Waals surface area contributed by atoms with E-state index in [1.54, 1.807) is 0 Å². The number of halogens is 3. The Bertz CT molecular complexity index is 349. The molecule has 0 spiro atoms. The number of anilines is 2. The molecule has 1 amide bonds. The fraction of sp³-hybridized carbons (Fsp3) is 0.125. The van der Waals surface area contributed by atoms with Crippen LogP contribution in [-0.4, -0.2) is 6.41 Å². The van der Waals surface area contributed by atoms with E-state index in [4.69, 9.17) is 5.73 Å². The molecule has 0 aromatic heterocycles. The second kappa shape index (κ2) is 3.57. The van der Waals surface area contributed by atoms with E-state index in [1.165, 1.54) is 0 Å². The first-order valence-electron chi connectivity index (χ1n) is 3.62. The lowest BCUT2D eigenvalue weighted by molar-refractivity contribution is -0.137. The number of carbonyl (C=O) groups excluding carboxylic acids is 1. The maximum atomic E-state index is 12.2. The molecule has 3 nitrogen and oxygen atoms in total. The van der Waals surface area contributed by atoms with Crippen LogP contribution in [0.3, 0.4) is 0 Å². The Kier molecular flexibility index (Phi) is 2.64. The first kappa shape index (κ1) is 10.4. The van der Waals surface area contributed by atoms with Gasteiger partial charge in [-0.3, -0.25) is 4.79 Å². The van der Waals surface area contributed by atoms with Crippen molar-refractivity contribution in [3.63, 3.8) is 0 Å². The topological polar surface area (TPSA) is 55.1 Å². The molecule has 1 aromatic rings. The number of nitrogens with two attached hydrogens (primary N) is 1. The Morgan fingerprint density at radius 3 is 2.50 bits per heavy atom. The molecular weight excluding hydrogens is 197 g/mol. The molecule has 0 fully saturated rings. The van der Waals surface area contributed by atoms with Crippen LogP contribution in [0.15, 0.2) is 18.2 Å². The van der Waals surface area contributed by atoms with Gasteiger partial charge in [0, 0.05) is 0 Å². The van der Waals surface area contributed by atoms with E-state index in [1.807, 2.05) is 0 Å². The summed E-state index contributed by atoms with van der Waals surface area (Å²) in [6.07, 6.45) is -4.17. The largest absolute Gasteiger partial charge is 0.416 e. The summed E-state index contributed by atoms with van der Waals surface area (Å²) in [7, 11) is 0. The fourth-order valence-electron chi connectivity index (χ4n) is 0.921. The smallest absolute Gasteiger partial charge is 0.397 e. The van der Waals surface area contributed by atoms with Crippen LogP contribution < -0.4 is 11.1 Å². The van der Waals surface area contributed by atoms with Gasteiger partial charge in [0.25, 0.3) is 0 Å². The van der Waals surface area contributed by atoms with Gasteiger partial charge in [0.05, 0.1) is 16.9 Å². The van der Waals surface area contributed by atoms with Gasteiger partial charge in [-0.05, 0) is 18.2 Å². The van der Waals surface area contributed by atoms with Gasteiger partial charge < -0.3 is 11.1 Å². The number of nitrogens with one attached hydrogen (secondary N) is 1. The zero-order valence-corrected chi connectivity index (χ0v) is 6.93. The van der Waals surface area contributed by atoms with Crippen LogP contribution in [-0.2, 0) is 11.0 Å². The molecule has 76 valence electrons. The molecule has 0 unspecified atom stereocenters. The number of amides is 1. The summed E-state index contributed by atoms with van der Waals surface area (Å²) < 4.78 is 36.5. The summed E-state index contributed by atoms with van der Waals surface area (Å²) in [4.78, 5) is 10.0. The van der Waals surface area contributed by atoms with Crippen molar-refractivity contribution in [2.45, 2.75) is 6.18 Å². The number of carbonyl (C=O) groups is 1. The lowest BCUT2D eigenvalue weighted by Gasteiger charge is -2.09. The van der Waals surface area contributed by atoms with Crippen molar-refractivity contribution in [1.29, 1.82) is 0 Å². The Morgan fingerprint density at radius 1 is 1.36 bits per heavy atom. The van der Waals surface area contributed by atoms with Crippen LogP contribution in [0.2, 0.25) is 0 Å².